The fourth-order valence-electron chi connectivity index (χ4n) is 4.49. The first-order valence-corrected chi connectivity index (χ1v) is 10.6. The third-order valence-corrected chi connectivity index (χ3v) is 5.77. The van der Waals surface area contributed by atoms with E-state index in [1.165, 1.54) is 18.2 Å². The Morgan fingerprint density at radius 1 is 1.09 bits per heavy atom. The van der Waals surface area contributed by atoms with Gasteiger partial charge in [-0.1, -0.05) is 0 Å². The van der Waals surface area contributed by atoms with Crippen LogP contribution in [-0.2, 0) is 10.9 Å². The Kier molecular flexibility index (Phi) is 5.72. The maximum atomic E-state index is 13.2. The molecule has 2 fully saturated rings. The fraction of sp³-hybridized carbons (Fsp3) is 0.545. The van der Waals surface area contributed by atoms with Crippen molar-refractivity contribution in [2.75, 3.05) is 18.4 Å². The second-order valence-electron chi connectivity index (χ2n) is 9.42. The number of amides is 1. The van der Waals surface area contributed by atoms with Gasteiger partial charge in [0.1, 0.15) is 11.4 Å². The molecule has 172 valence electrons. The first-order valence-electron chi connectivity index (χ1n) is 10.6. The number of carbonyl (C=O) groups is 1. The molecule has 2 aliphatic rings. The van der Waals surface area contributed by atoms with E-state index in [1.807, 2.05) is 20.8 Å². The summed E-state index contributed by atoms with van der Waals surface area (Å²) in [5.74, 6) is 1.29. The molecule has 1 amide bonds. The van der Waals surface area contributed by atoms with Gasteiger partial charge in [0.25, 0.3) is 0 Å². The van der Waals surface area contributed by atoms with E-state index in [2.05, 4.69) is 20.5 Å². The van der Waals surface area contributed by atoms with Crippen LogP contribution in [0.5, 0.6) is 0 Å². The van der Waals surface area contributed by atoms with Crippen LogP contribution in [0.1, 0.15) is 39.3 Å². The number of fused-ring (bicyclic) bond motifs is 1. The van der Waals surface area contributed by atoms with E-state index >= 15 is 0 Å². The van der Waals surface area contributed by atoms with Crippen LogP contribution in [0, 0.1) is 11.8 Å². The standard InChI is InChI=1S/C22H26F3N5O2/c1-21(2,3)32-20(31)30-11-13-9-15(10-14(13)12-30)27-18-7-6-17(28-29-18)16-5-4-8-26-19(16)22(23,24)25/h4-8,13-15H,9-12H2,1-3H3,(H,27,29)/t13-,14?,15?/m1/s1. The minimum absolute atomic E-state index is 0.100. The summed E-state index contributed by atoms with van der Waals surface area (Å²) in [5.41, 5.74) is -1.47. The lowest BCUT2D eigenvalue weighted by Gasteiger charge is -2.25. The molecule has 2 unspecified atom stereocenters. The van der Waals surface area contributed by atoms with E-state index in [4.69, 9.17) is 4.74 Å². The number of aromatic nitrogens is 3. The van der Waals surface area contributed by atoms with E-state index in [9.17, 15) is 18.0 Å². The lowest BCUT2D eigenvalue weighted by Crippen LogP contribution is -2.36. The van der Waals surface area contributed by atoms with Gasteiger partial charge in [0, 0.05) is 30.9 Å². The van der Waals surface area contributed by atoms with Crippen LogP contribution in [0.2, 0.25) is 0 Å². The zero-order valence-corrected chi connectivity index (χ0v) is 18.2. The number of pyridine rings is 1. The number of carbonyl (C=O) groups excluding carboxylic acids is 1. The molecule has 1 saturated carbocycles. The van der Waals surface area contributed by atoms with E-state index in [0.717, 1.165) is 19.0 Å². The Hall–Kier alpha value is -2.91. The highest BCUT2D eigenvalue weighted by Crippen LogP contribution is 2.40. The highest BCUT2D eigenvalue weighted by molar-refractivity contribution is 5.68. The van der Waals surface area contributed by atoms with Gasteiger partial charge in [-0.25, -0.2) is 4.79 Å². The molecule has 10 heteroatoms. The molecule has 2 aromatic heterocycles. The number of ether oxygens (including phenoxy) is 1. The SMILES string of the molecule is CC(C)(C)OC(=O)N1CC2CC(Nc3ccc(-c4cccnc4C(F)(F)F)nn3)C[C@@H]2C1. The minimum Gasteiger partial charge on any atom is -0.444 e. The van der Waals surface area contributed by atoms with Crippen molar-refractivity contribution in [1.82, 2.24) is 20.1 Å². The van der Waals surface area contributed by atoms with Crippen molar-refractivity contribution >= 4 is 11.9 Å². The Balaban J connectivity index is 1.35. The normalized spacial score (nSPS) is 23.2. The Bertz CT molecular complexity index is 961. The number of hydrogen-bond acceptors (Lipinski definition) is 6. The predicted octanol–water partition coefficient (Wildman–Crippen LogP) is 4.61. The summed E-state index contributed by atoms with van der Waals surface area (Å²) in [4.78, 5) is 17.5. The van der Waals surface area contributed by atoms with Crippen molar-refractivity contribution in [3.05, 3.63) is 36.2 Å². The summed E-state index contributed by atoms with van der Waals surface area (Å²) in [6.07, 6.45) is -1.96. The van der Waals surface area contributed by atoms with Crippen molar-refractivity contribution < 1.29 is 22.7 Å². The quantitative estimate of drug-likeness (QED) is 0.737. The highest BCUT2D eigenvalue weighted by atomic mass is 19.4. The van der Waals surface area contributed by atoms with Crippen LogP contribution in [0.4, 0.5) is 23.8 Å². The van der Waals surface area contributed by atoms with Gasteiger partial charge in [-0.15, -0.1) is 10.2 Å². The van der Waals surface area contributed by atoms with Crippen LogP contribution >= 0.6 is 0 Å². The number of hydrogen-bond donors (Lipinski definition) is 1. The number of rotatable bonds is 3. The average molecular weight is 449 g/mol. The molecule has 32 heavy (non-hydrogen) atoms. The number of anilines is 1. The van der Waals surface area contributed by atoms with Gasteiger partial charge in [-0.2, -0.15) is 13.2 Å². The highest BCUT2D eigenvalue weighted by Gasteiger charge is 2.43. The number of likely N-dealkylation sites (tertiary alicyclic amines) is 1. The summed E-state index contributed by atoms with van der Waals surface area (Å²) in [6, 6.07) is 6.10. The topological polar surface area (TPSA) is 80.2 Å². The van der Waals surface area contributed by atoms with Crippen LogP contribution in [0.3, 0.4) is 0 Å². The first kappa shape index (κ1) is 22.3. The Labute approximate surface area is 184 Å². The van der Waals surface area contributed by atoms with E-state index in [0.29, 0.717) is 30.7 Å². The molecule has 1 aliphatic carbocycles. The van der Waals surface area contributed by atoms with Crippen molar-refractivity contribution in [2.45, 2.75) is 51.4 Å². The molecule has 1 aliphatic heterocycles. The predicted molar refractivity (Wildman–Crippen MR) is 112 cm³/mol. The zero-order valence-electron chi connectivity index (χ0n) is 18.2. The third kappa shape index (κ3) is 4.94. The van der Waals surface area contributed by atoms with Gasteiger partial charge < -0.3 is 15.0 Å². The second-order valence-corrected chi connectivity index (χ2v) is 9.42. The van der Waals surface area contributed by atoms with Crippen LogP contribution in [0.25, 0.3) is 11.3 Å². The summed E-state index contributed by atoms with van der Waals surface area (Å²) >= 11 is 0. The van der Waals surface area contributed by atoms with Crippen LogP contribution in [0.15, 0.2) is 30.5 Å². The molecule has 0 bridgehead atoms. The number of nitrogens with zero attached hydrogens (tertiary/aromatic N) is 4. The van der Waals surface area contributed by atoms with Crippen molar-refractivity contribution in [1.29, 1.82) is 0 Å². The largest absolute Gasteiger partial charge is 0.444 e. The molecule has 0 aromatic carbocycles. The average Bonchev–Trinajstić information content (AvgIpc) is 3.25. The molecule has 1 N–H and O–H groups in total. The maximum absolute atomic E-state index is 13.2. The smallest absolute Gasteiger partial charge is 0.434 e. The summed E-state index contributed by atoms with van der Waals surface area (Å²) in [5, 5.41) is 11.4. The first-order chi connectivity index (χ1) is 15.0. The van der Waals surface area contributed by atoms with Gasteiger partial charge >= 0.3 is 12.3 Å². The van der Waals surface area contributed by atoms with E-state index in [1.54, 1.807) is 11.0 Å². The molecule has 4 rings (SSSR count). The molecule has 0 radical (unpaired) electrons. The van der Waals surface area contributed by atoms with Gasteiger partial charge in [0.15, 0.2) is 5.69 Å². The Morgan fingerprint density at radius 3 is 2.34 bits per heavy atom. The second kappa shape index (κ2) is 8.22. The lowest BCUT2D eigenvalue weighted by atomic mass is 10.0. The van der Waals surface area contributed by atoms with Gasteiger partial charge in [-0.3, -0.25) is 4.98 Å². The van der Waals surface area contributed by atoms with E-state index < -0.39 is 17.5 Å². The molecule has 0 spiro atoms. The molecule has 7 nitrogen and oxygen atoms in total. The van der Waals surface area contributed by atoms with Crippen molar-refractivity contribution in [3.63, 3.8) is 0 Å². The molecule has 2 aromatic rings. The lowest BCUT2D eigenvalue weighted by molar-refractivity contribution is -0.140. The van der Waals surface area contributed by atoms with Crippen LogP contribution < -0.4 is 5.32 Å². The number of nitrogens with one attached hydrogen (secondary N) is 1. The van der Waals surface area contributed by atoms with Gasteiger partial charge in [0.05, 0.1) is 5.69 Å². The fourth-order valence-corrected chi connectivity index (χ4v) is 4.49. The number of halogens is 3. The third-order valence-electron chi connectivity index (χ3n) is 5.77. The summed E-state index contributed by atoms with van der Waals surface area (Å²) in [7, 11) is 0. The summed E-state index contributed by atoms with van der Waals surface area (Å²) in [6.45, 7) is 6.90. The number of alkyl halides is 3. The maximum Gasteiger partial charge on any atom is 0.434 e. The monoisotopic (exact) mass is 449 g/mol. The van der Waals surface area contributed by atoms with Crippen LogP contribution in [-0.4, -0.2) is 50.9 Å². The molecular formula is C22H26F3N5O2. The van der Waals surface area contributed by atoms with Crippen molar-refractivity contribution in [2.24, 2.45) is 11.8 Å². The minimum atomic E-state index is -4.57. The van der Waals surface area contributed by atoms with Gasteiger partial charge in [0.2, 0.25) is 0 Å². The molecule has 3 atom stereocenters. The molecule has 1 saturated heterocycles. The Morgan fingerprint density at radius 2 is 1.78 bits per heavy atom. The van der Waals surface area contributed by atoms with E-state index in [-0.39, 0.29) is 23.4 Å². The van der Waals surface area contributed by atoms with Crippen molar-refractivity contribution in [3.8, 4) is 11.3 Å². The zero-order chi connectivity index (χ0) is 23.1. The summed E-state index contributed by atoms with van der Waals surface area (Å²) < 4.78 is 45.1. The van der Waals surface area contributed by atoms with Gasteiger partial charge in [-0.05, 0) is 69.7 Å². The molecule has 3 heterocycles. The molecular weight excluding hydrogens is 423 g/mol.